The average molecular weight is 428 g/mol. The number of amides is 1. The number of hydrogen-bond acceptors (Lipinski definition) is 4. The zero-order valence-corrected chi connectivity index (χ0v) is 18.5. The number of anilines is 1. The molecule has 0 aliphatic carbocycles. The molecule has 0 atom stereocenters. The zero-order chi connectivity index (χ0) is 21.9. The summed E-state index contributed by atoms with van der Waals surface area (Å²) in [7, 11) is 0. The van der Waals surface area contributed by atoms with Crippen LogP contribution in [0.4, 0.5) is 5.69 Å². The van der Waals surface area contributed by atoms with Gasteiger partial charge in [-0.15, -0.1) is 0 Å². The number of para-hydroxylation sites is 1. The number of nitrogens with zero attached hydrogens (tertiary/aromatic N) is 2. The van der Waals surface area contributed by atoms with Crippen molar-refractivity contribution in [3.63, 3.8) is 0 Å². The van der Waals surface area contributed by atoms with E-state index in [0.29, 0.717) is 12.3 Å². The lowest BCUT2D eigenvalue weighted by Crippen LogP contribution is -2.47. The molecule has 1 fully saturated rings. The second kappa shape index (κ2) is 9.05. The Morgan fingerprint density at radius 1 is 0.906 bits per heavy atom. The maximum atomic E-state index is 12.8. The third-order valence-electron chi connectivity index (χ3n) is 6.46. The fourth-order valence-corrected chi connectivity index (χ4v) is 4.62. The van der Waals surface area contributed by atoms with Crippen molar-refractivity contribution in [3.05, 3.63) is 78.1 Å². The number of furan rings is 1. The lowest BCUT2D eigenvalue weighted by molar-refractivity contribution is 0.0925. The number of nitrogens with one attached hydrogen (secondary N) is 1. The number of fused-ring (bicyclic) bond motifs is 3. The predicted octanol–water partition coefficient (Wildman–Crippen LogP) is 4.84. The molecule has 2 heterocycles. The average Bonchev–Trinajstić information content (AvgIpc) is 3.19. The minimum absolute atomic E-state index is 0.128. The van der Waals surface area contributed by atoms with Crippen LogP contribution < -0.4 is 10.2 Å². The molecule has 32 heavy (non-hydrogen) atoms. The lowest BCUT2D eigenvalue weighted by atomic mass is 10.1. The molecule has 5 nitrogen and oxygen atoms in total. The van der Waals surface area contributed by atoms with Crippen LogP contribution in [0, 0.1) is 6.92 Å². The largest absolute Gasteiger partial charge is 0.450 e. The topological polar surface area (TPSA) is 48.7 Å². The monoisotopic (exact) mass is 427 g/mol. The standard InChI is InChI=1S/C27H29N3O2/c1-20-23-13-12-21-8-5-6-11-24(21)26(23)32-25(20)27(31)28-14-7-15-29-16-18-30(19-17-29)22-9-3-2-4-10-22/h2-6,8-13H,7,14-19H2,1H3,(H,28,31). The van der Waals surface area contributed by atoms with Gasteiger partial charge in [-0.05, 0) is 37.4 Å². The van der Waals surface area contributed by atoms with Crippen LogP contribution in [-0.4, -0.2) is 50.1 Å². The third-order valence-corrected chi connectivity index (χ3v) is 6.46. The van der Waals surface area contributed by atoms with Crippen LogP contribution >= 0.6 is 0 Å². The van der Waals surface area contributed by atoms with E-state index < -0.39 is 0 Å². The van der Waals surface area contributed by atoms with Crippen molar-refractivity contribution in [2.75, 3.05) is 44.2 Å². The maximum absolute atomic E-state index is 12.8. The van der Waals surface area contributed by atoms with E-state index in [-0.39, 0.29) is 5.91 Å². The van der Waals surface area contributed by atoms with Gasteiger partial charge in [0.1, 0.15) is 5.58 Å². The molecule has 0 unspecified atom stereocenters. The molecule has 164 valence electrons. The molecule has 0 spiro atoms. The number of benzene rings is 3. The highest BCUT2D eigenvalue weighted by molar-refractivity contribution is 6.08. The first-order valence-corrected chi connectivity index (χ1v) is 11.4. The van der Waals surface area contributed by atoms with Crippen molar-refractivity contribution >= 4 is 33.3 Å². The van der Waals surface area contributed by atoms with E-state index in [0.717, 1.165) is 66.4 Å². The molecule has 0 saturated carbocycles. The molecular weight excluding hydrogens is 398 g/mol. The summed E-state index contributed by atoms with van der Waals surface area (Å²) in [4.78, 5) is 17.7. The Labute approximate surface area is 188 Å². The molecule has 0 bridgehead atoms. The predicted molar refractivity (Wildman–Crippen MR) is 131 cm³/mol. The van der Waals surface area contributed by atoms with Gasteiger partial charge in [-0.25, -0.2) is 0 Å². The Balaban J connectivity index is 1.14. The molecule has 1 saturated heterocycles. The van der Waals surface area contributed by atoms with E-state index in [1.807, 2.05) is 31.2 Å². The van der Waals surface area contributed by atoms with Crippen molar-refractivity contribution in [3.8, 4) is 0 Å². The van der Waals surface area contributed by atoms with Crippen molar-refractivity contribution in [2.45, 2.75) is 13.3 Å². The number of rotatable bonds is 6. The van der Waals surface area contributed by atoms with E-state index in [4.69, 9.17) is 4.42 Å². The van der Waals surface area contributed by atoms with Gasteiger partial charge in [0, 0.05) is 54.7 Å². The number of aryl methyl sites for hydroxylation is 1. The van der Waals surface area contributed by atoms with Crippen molar-refractivity contribution in [1.82, 2.24) is 10.2 Å². The summed E-state index contributed by atoms with van der Waals surface area (Å²) < 4.78 is 6.05. The normalized spacial score (nSPS) is 14.8. The van der Waals surface area contributed by atoms with E-state index >= 15 is 0 Å². The number of carbonyl (C=O) groups excluding carboxylic acids is 1. The Hall–Kier alpha value is -3.31. The van der Waals surface area contributed by atoms with Crippen LogP contribution in [0.1, 0.15) is 22.5 Å². The van der Waals surface area contributed by atoms with E-state index in [2.05, 4.69) is 57.6 Å². The van der Waals surface area contributed by atoms with Crippen LogP contribution in [0.25, 0.3) is 21.7 Å². The molecule has 1 aliphatic rings. The van der Waals surface area contributed by atoms with Gasteiger partial charge in [0.05, 0.1) is 0 Å². The summed E-state index contributed by atoms with van der Waals surface area (Å²) >= 11 is 0. The van der Waals surface area contributed by atoms with E-state index in [1.54, 1.807) is 0 Å². The molecule has 5 heteroatoms. The van der Waals surface area contributed by atoms with E-state index in [9.17, 15) is 4.79 Å². The van der Waals surface area contributed by atoms with Gasteiger partial charge in [0.15, 0.2) is 5.76 Å². The number of piperazine rings is 1. The SMILES string of the molecule is Cc1c(C(=O)NCCCN2CCN(c3ccccc3)CC2)oc2c1ccc1ccccc12. The molecular formula is C27H29N3O2. The van der Waals surface area contributed by atoms with Crippen molar-refractivity contribution < 1.29 is 9.21 Å². The lowest BCUT2D eigenvalue weighted by Gasteiger charge is -2.36. The second-order valence-electron chi connectivity index (χ2n) is 8.49. The molecule has 0 radical (unpaired) electrons. The molecule has 1 aliphatic heterocycles. The van der Waals surface area contributed by atoms with Gasteiger partial charge >= 0.3 is 0 Å². The van der Waals surface area contributed by atoms with Gasteiger partial charge < -0.3 is 14.6 Å². The summed E-state index contributed by atoms with van der Waals surface area (Å²) in [5, 5.41) is 6.22. The van der Waals surface area contributed by atoms with Gasteiger partial charge in [-0.2, -0.15) is 0 Å². The van der Waals surface area contributed by atoms with Crippen LogP contribution in [0.15, 0.2) is 71.1 Å². The van der Waals surface area contributed by atoms with Crippen LogP contribution in [0.5, 0.6) is 0 Å². The number of hydrogen-bond donors (Lipinski definition) is 1. The summed E-state index contributed by atoms with van der Waals surface area (Å²) in [5.74, 6) is 0.296. The quantitative estimate of drug-likeness (QED) is 0.448. The van der Waals surface area contributed by atoms with Gasteiger partial charge in [-0.3, -0.25) is 9.69 Å². The summed E-state index contributed by atoms with van der Waals surface area (Å²) in [6, 6.07) is 22.8. The summed E-state index contributed by atoms with van der Waals surface area (Å²) in [5.41, 5.74) is 3.00. The minimum atomic E-state index is -0.128. The molecule has 4 aromatic rings. The van der Waals surface area contributed by atoms with Gasteiger partial charge in [-0.1, -0.05) is 54.6 Å². The Morgan fingerprint density at radius 3 is 2.47 bits per heavy atom. The molecule has 1 amide bonds. The maximum Gasteiger partial charge on any atom is 0.287 e. The highest BCUT2D eigenvalue weighted by atomic mass is 16.3. The summed E-state index contributed by atoms with van der Waals surface area (Å²) in [6.07, 6.45) is 0.930. The van der Waals surface area contributed by atoms with Gasteiger partial charge in [0.25, 0.3) is 5.91 Å². The fourth-order valence-electron chi connectivity index (χ4n) is 4.62. The van der Waals surface area contributed by atoms with Crippen molar-refractivity contribution in [1.29, 1.82) is 0 Å². The molecule has 3 aromatic carbocycles. The zero-order valence-electron chi connectivity index (χ0n) is 18.5. The smallest absolute Gasteiger partial charge is 0.287 e. The second-order valence-corrected chi connectivity index (χ2v) is 8.49. The first-order chi connectivity index (χ1) is 15.7. The first kappa shape index (κ1) is 20.6. The van der Waals surface area contributed by atoms with Crippen LogP contribution in [0.3, 0.4) is 0 Å². The third kappa shape index (κ3) is 4.08. The molecule has 1 aromatic heterocycles. The Bertz CT molecular complexity index is 1220. The Morgan fingerprint density at radius 2 is 1.66 bits per heavy atom. The van der Waals surface area contributed by atoms with Gasteiger partial charge in [0.2, 0.25) is 0 Å². The molecule has 5 rings (SSSR count). The Kier molecular flexibility index (Phi) is 5.82. The summed E-state index contributed by atoms with van der Waals surface area (Å²) in [6.45, 7) is 7.80. The highest BCUT2D eigenvalue weighted by Crippen LogP contribution is 2.31. The minimum Gasteiger partial charge on any atom is -0.450 e. The highest BCUT2D eigenvalue weighted by Gasteiger charge is 2.19. The van der Waals surface area contributed by atoms with Crippen LogP contribution in [0.2, 0.25) is 0 Å². The first-order valence-electron chi connectivity index (χ1n) is 11.4. The molecule has 1 N–H and O–H groups in total. The van der Waals surface area contributed by atoms with Crippen LogP contribution in [-0.2, 0) is 0 Å². The van der Waals surface area contributed by atoms with Crippen molar-refractivity contribution in [2.24, 2.45) is 0 Å². The fraction of sp³-hybridized carbons (Fsp3) is 0.296. The number of carbonyl (C=O) groups is 1. The van der Waals surface area contributed by atoms with E-state index in [1.165, 1.54) is 5.69 Å².